The van der Waals surface area contributed by atoms with Gasteiger partial charge in [-0.1, -0.05) is 35.9 Å². The first-order chi connectivity index (χ1) is 15.7. The third-order valence-electron chi connectivity index (χ3n) is 5.77. The van der Waals surface area contributed by atoms with E-state index >= 15 is 0 Å². The van der Waals surface area contributed by atoms with Crippen molar-refractivity contribution in [1.29, 1.82) is 0 Å². The minimum Gasteiger partial charge on any atom is -0.456 e. The summed E-state index contributed by atoms with van der Waals surface area (Å²) in [5.74, 6) is 0. The van der Waals surface area contributed by atoms with E-state index in [4.69, 9.17) is 25.8 Å². The first-order valence-electron chi connectivity index (χ1n) is 10.3. The van der Waals surface area contributed by atoms with E-state index in [9.17, 15) is 5.11 Å². The van der Waals surface area contributed by atoms with Gasteiger partial charge in [0, 0.05) is 23.7 Å². The molecule has 0 amide bonds. The summed E-state index contributed by atoms with van der Waals surface area (Å²) in [6.45, 7) is 1.17. The van der Waals surface area contributed by atoms with Crippen molar-refractivity contribution in [2.45, 2.75) is 30.8 Å². The summed E-state index contributed by atoms with van der Waals surface area (Å²) in [5, 5.41) is 13.5. The van der Waals surface area contributed by atoms with E-state index in [1.807, 2.05) is 29.6 Å². The second kappa shape index (κ2) is 8.09. The Kier molecular flexibility index (Phi) is 5.08. The second-order valence-corrected chi connectivity index (χ2v) is 9.11. The number of benzene rings is 1. The quantitative estimate of drug-likeness (QED) is 0.458. The highest BCUT2D eigenvalue weighted by atomic mass is 35.5. The Labute approximate surface area is 192 Å². The van der Waals surface area contributed by atoms with Gasteiger partial charge in [0.1, 0.15) is 17.2 Å². The number of thiazole rings is 1. The van der Waals surface area contributed by atoms with Crippen LogP contribution in [0.3, 0.4) is 0 Å². The molecule has 164 valence electrons. The Morgan fingerprint density at radius 3 is 2.91 bits per heavy atom. The molecule has 2 aliphatic heterocycles. The minimum atomic E-state index is -0.760. The Hall–Kier alpha value is -2.56. The van der Waals surface area contributed by atoms with Crippen molar-refractivity contribution in [3.63, 3.8) is 0 Å². The highest BCUT2D eigenvalue weighted by Gasteiger charge is 2.43. The van der Waals surface area contributed by atoms with E-state index < -0.39 is 6.10 Å². The lowest BCUT2D eigenvalue weighted by atomic mass is 10.0. The summed E-state index contributed by atoms with van der Waals surface area (Å²) in [6, 6.07) is 9.61. The minimum absolute atomic E-state index is 0.0615. The number of H-pyrrole nitrogens is 1. The van der Waals surface area contributed by atoms with Gasteiger partial charge in [-0.05, 0) is 18.1 Å². The monoisotopic (exact) mass is 470 g/mol. The van der Waals surface area contributed by atoms with Crippen LogP contribution < -0.4 is 4.74 Å². The van der Waals surface area contributed by atoms with Crippen LogP contribution in [0.4, 0.5) is 0 Å². The molecule has 0 bridgehead atoms. The van der Waals surface area contributed by atoms with Crippen molar-refractivity contribution in [1.82, 2.24) is 19.9 Å². The number of pyridine rings is 1. The van der Waals surface area contributed by atoms with Crippen LogP contribution in [0.5, 0.6) is 6.01 Å². The average Bonchev–Trinajstić information content (AvgIpc) is 3.59. The second-order valence-electron chi connectivity index (χ2n) is 7.78. The number of halogens is 1. The highest BCUT2D eigenvalue weighted by Crippen LogP contribution is 2.33. The van der Waals surface area contributed by atoms with Gasteiger partial charge in [0.05, 0.1) is 28.9 Å². The van der Waals surface area contributed by atoms with Gasteiger partial charge in [-0.25, -0.2) is 9.97 Å². The Balaban J connectivity index is 1.25. The van der Waals surface area contributed by atoms with E-state index in [-0.39, 0.29) is 18.3 Å². The molecule has 2 fully saturated rings. The summed E-state index contributed by atoms with van der Waals surface area (Å²) in [6.07, 6.45) is 1.65. The predicted octanol–water partition coefficient (Wildman–Crippen LogP) is 3.75. The largest absolute Gasteiger partial charge is 0.456 e. The average molecular weight is 471 g/mol. The molecule has 2 saturated heterocycles. The molecule has 4 atom stereocenters. The van der Waals surface area contributed by atoms with Gasteiger partial charge in [-0.3, -0.25) is 0 Å². The molecule has 6 rings (SSSR count). The molecule has 1 aromatic carbocycles. The topological polar surface area (TPSA) is 102 Å². The molecule has 5 heterocycles. The van der Waals surface area contributed by atoms with Crippen LogP contribution in [0.1, 0.15) is 23.1 Å². The molecule has 0 spiro atoms. The number of rotatable bonds is 5. The maximum Gasteiger partial charge on any atom is 0.296 e. The fourth-order valence-electron chi connectivity index (χ4n) is 4.16. The molecular weight excluding hydrogens is 452 g/mol. The normalized spacial score (nSPS) is 23.5. The van der Waals surface area contributed by atoms with Crippen LogP contribution >= 0.6 is 22.9 Å². The summed E-state index contributed by atoms with van der Waals surface area (Å²) in [5.41, 5.74) is 3.38. The van der Waals surface area contributed by atoms with E-state index in [1.54, 1.807) is 12.3 Å². The fraction of sp³-hybridized carbons (Fsp3) is 0.318. The Morgan fingerprint density at radius 1 is 1.22 bits per heavy atom. The SMILES string of the molecule is OC(c1ccc(-c2nc3nc(OC4COC5CCOC54)[nH]c3cc2Cl)cc1)c1nccs1. The molecule has 8 nitrogen and oxygen atoms in total. The zero-order chi connectivity index (χ0) is 21.7. The van der Waals surface area contributed by atoms with Crippen LogP contribution in [-0.4, -0.2) is 56.6 Å². The molecule has 32 heavy (non-hydrogen) atoms. The van der Waals surface area contributed by atoms with Gasteiger partial charge >= 0.3 is 0 Å². The highest BCUT2D eigenvalue weighted by molar-refractivity contribution is 7.09. The fourth-order valence-corrected chi connectivity index (χ4v) is 5.07. The lowest BCUT2D eigenvalue weighted by molar-refractivity contribution is 0.0273. The Morgan fingerprint density at radius 2 is 2.09 bits per heavy atom. The number of aromatic amines is 1. The molecule has 10 heteroatoms. The molecule has 0 aliphatic carbocycles. The zero-order valence-electron chi connectivity index (χ0n) is 16.8. The third-order valence-corrected chi connectivity index (χ3v) is 6.89. The number of nitrogens with zero attached hydrogens (tertiary/aromatic N) is 3. The molecule has 4 unspecified atom stereocenters. The van der Waals surface area contributed by atoms with Gasteiger partial charge in [-0.2, -0.15) is 4.98 Å². The van der Waals surface area contributed by atoms with E-state index in [2.05, 4.69) is 19.9 Å². The summed E-state index contributed by atoms with van der Waals surface area (Å²) in [4.78, 5) is 16.4. The number of aromatic nitrogens is 4. The molecule has 3 aromatic heterocycles. The molecule has 0 saturated carbocycles. The number of aliphatic hydroxyl groups excluding tert-OH is 1. The smallest absolute Gasteiger partial charge is 0.296 e. The van der Waals surface area contributed by atoms with Crippen molar-refractivity contribution >= 4 is 34.1 Å². The van der Waals surface area contributed by atoms with Gasteiger partial charge in [-0.15, -0.1) is 11.3 Å². The van der Waals surface area contributed by atoms with Gasteiger partial charge in [0.25, 0.3) is 6.01 Å². The predicted molar refractivity (Wildman–Crippen MR) is 119 cm³/mol. The van der Waals surface area contributed by atoms with Crippen LogP contribution in [0.15, 0.2) is 41.9 Å². The van der Waals surface area contributed by atoms with Gasteiger partial charge < -0.3 is 24.3 Å². The molecule has 2 N–H and O–H groups in total. The lowest BCUT2D eigenvalue weighted by Gasteiger charge is -2.15. The molecule has 0 radical (unpaired) electrons. The van der Waals surface area contributed by atoms with Crippen LogP contribution in [0.25, 0.3) is 22.4 Å². The van der Waals surface area contributed by atoms with Crippen molar-refractivity contribution in [3.05, 3.63) is 57.5 Å². The summed E-state index contributed by atoms with van der Waals surface area (Å²) < 4.78 is 17.5. The number of imidazole rings is 1. The first-order valence-corrected chi connectivity index (χ1v) is 11.6. The number of nitrogens with one attached hydrogen (secondary N) is 1. The van der Waals surface area contributed by atoms with Crippen LogP contribution in [0.2, 0.25) is 5.02 Å². The molecule has 4 aromatic rings. The zero-order valence-corrected chi connectivity index (χ0v) is 18.3. The number of hydrogen-bond donors (Lipinski definition) is 2. The van der Waals surface area contributed by atoms with E-state index in [0.717, 1.165) is 17.5 Å². The Bertz CT molecular complexity index is 1250. The van der Waals surface area contributed by atoms with Crippen molar-refractivity contribution in [2.75, 3.05) is 13.2 Å². The van der Waals surface area contributed by atoms with Gasteiger partial charge in [0.15, 0.2) is 11.8 Å². The number of hydrogen-bond acceptors (Lipinski definition) is 8. The maximum atomic E-state index is 10.5. The first kappa shape index (κ1) is 20.1. The number of aliphatic hydroxyl groups is 1. The van der Waals surface area contributed by atoms with Gasteiger partial charge in [0.2, 0.25) is 0 Å². The number of fused-ring (bicyclic) bond motifs is 2. The van der Waals surface area contributed by atoms with Crippen LogP contribution in [-0.2, 0) is 9.47 Å². The number of ether oxygens (including phenoxy) is 3. The van der Waals surface area contributed by atoms with Crippen molar-refractivity contribution in [3.8, 4) is 17.3 Å². The van der Waals surface area contributed by atoms with Crippen molar-refractivity contribution < 1.29 is 19.3 Å². The standard InChI is InChI=1S/C22H19ClN4O4S/c23-13-9-14-20(27-22(25-14)31-16-10-30-15-5-7-29-19(15)16)26-17(13)11-1-3-12(4-2-11)18(28)21-24-6-8-32-21/h1-4,6,8-9,15-16,18-19,28H,5,7,10H2,(H,25,26,27). The third kappa shape index (κ3) is 3.56. The molecule has 2 aliphatic rings. The lowest BCUT2D eigenvalue weighted by Crippen LogP contribution is -2.32. The van der Waals surface area contributed by atoms with E-state index in [1.165, 1.54) is 11.3 Å². The summed E-state index contributed by atoms with van der Waals surface area (Å²) >= 11 is 7.94. The van der Waals surface area contributed by atoms with E-state index in [0.29, 0.717) is 46.1 Å². The molecular formula is C22H19ClN4O4S. The van der Waals surface area contributed by atoms with Crippen LogP contribution in [0, 0.1) is 0 Å². The summed E-state index contributed by atoms with van der Waals surface area (Å²) in [7, 11) is 0. The van der Waals surface area contributed by atoms with Crippen molar-refractivity contribution in [2.24, 2.45) is 0 Å². The maximum absolute atomic E-state index is 10.5.